The van der Waals surface area contributed by atoms with Crippen LogP contribution in [0.2, 0.25) is 0 Å². The van der Waals surface area contributed by atoms with E-state index in [4.69, 9.17) is 5.11 Å². The number of rotatable bonds is 5. The van der Waals surface area contributed by atoms with Gasteiger partial charge in [0.2, 0.25) is 0 Å². The normalized spacial score (nSPS) is 12.2. The number of carboxylic acid groups (broad SMARTS) is 1. The largest absolute Gasteiger partial charge is 0.464 e. The van der Waals surface area contributed by atoms with Crippen LogP contribution in [0.4, 0.5) is 18.0 Å². The van der Waals surface area contributed by atoms with Gasteiger partial charge in [0.05, 0.1) is 22.9 Å². The van der Waals surface area contributed by atoms with E-state index >= 15 is 0 Å². The average Bonchev–Trinajstić information content (AvgIpc) is 2.83. The Labute approximate surface area is 148 Å². The summed E-state index contributed by atoms with van der Waals surface area (Å²) in [5.41, 5.74) is 0.758. The Balaban J connectivity index is 2.69. The first-order valence-electron chi connectivity index (χ1n) is 7.42. The molecule has 26 heavy (non-hydrogen) atoms. The second kappa shape index (κ2) is 7.32. The molecule has 0 bridgehead atoms. The zero-order valence-corrected chi connectivity index (χ0v) is 14.6. The van der Waals surface area contributed by atoms with Crippen molar-refractivity contribution in [1.29, 1.82) is 0 Å². The molecular formula is C14H15F3N4O4S. The van der Waals surface area contributed by atoms with Gasteiger partial charge in [0.25, 0.3) is 5.56 Å². The van der Waals surface area contributed by atoms with Crippen molar-refractivity contribution in [3.05, 3.63) is 31.3 Å². The Morgan fingerprint density at radius 2 is 2.00 bits per heavy atom. The van der Waals surface area contributed by atoms with E-state index in [2.05, 4.69) is 5.10 Å². The summed E-state index contributed by atoms with van der Waals surface area (Å²) in [6, 6.07) is 0. The number of hydrogen-bond donors (Lipinski definition) is 2. The van der Waals surface area contributed by atoms with Crippen LogP contribution in [0.1, 0.15) is 23.8 Å². The van der Waals surface area contributed by atoms with Gasteiger partial charge >= 0.3 is 18.0 Å². The van der Waals surface area contributed by atoms with Crippen LogP contribution in [0.5, 0.6) is 0 Å². The Hall–Kier alpha value is -2.63. The number of nitrogens with one attached hydrogen (secondary N) is 1. The van der Waals surface area contributed by atoms with E-state index in [0.717, 1.165) is 26.7 Å². The highest BCUT2D eigenvalue weighted by atomic mass is 32.1. The van der Waals surface area contributed by atoms with Crippen LogP contribution >= 0.6 is 11.3 Å². The van der Waals surface area contributed by atoms with E-state index in [9.17, 15) is 27.6 Å². The maximum absolute atomic E-state index is 12.6. The van der Waals surface area contributed by atoms with E-state index in [1.807, 2.05) is 0 Å². The summed E-state index contributed by atoms with van der Waals surface area (Å²) in [5.74, 6) is 0. The molecule has 0 saturated carbocycles. The molecule has 0 atom stereocenters. The van der Waals surface area contributed by atoms with Crippen LogP contribution in [0, 0.1) is 6.92 Å². The van der Waals surface area contributed by atoms with E-state index < -0.39 is 36.5 Å². The summed E-state index contributed by atoms with van der Waals surface area (Å²) in [5, 5.41) is 12.1. The Bertz CT molecular complexity index is 987. The third-order valence-corrected chi connectivity index (χ3v) is 4.86. The third-order valence-electron chi connectivity index (χ3n) is 3.61. The van der Waals surface area contributed by atoms with Gasteiger partial charge in [0, 0.05) is 13.1 Å². The summed E-state index contributed by atoms with van der Waals surface area (Å²) >= 11 is 0.900. The van der Waals surface area contributed by atoms with E-state index in [1.54, 1.807) is 19.3 Å². The summed E-state index contributed by atoms with van der Waals surface area (Å²) in [7, 11) is 0. The molecule has 0 aliphatic carbocycles. The number of alkyl halides is 3. The molecule has 12 heteroatoms. The van der Waals surface area contributed by atoms with Crippen molar-refractivity contribution in [3.63, 3.8) is 0 Å². The first-order valence-corrected chi connectivity index (χ1v) is 8.24. The van der Waals surface area contributed by atoms with Crippen molar-refractivity contribution in [2.45, 2.75) is 39.5 Å². The number of aromatic nitrogens is 2. The Kier molecular flexibility index (Phi) is 5.54. The highest BCUT2D eigenvalue weighted by molar-refractivity contribution is 7.20. The number of nitrogens with zero attached hydrogens (tertiary/aromatic N) is 3. The fraction of sp³-hybridized carbons (Fsp3) is 0.429. The molecule has 2 N–H and O–H groups in total. The fourth-order valence-electron chi connectivity index (χ4n) is 2.40. The molecule has 0 radical (unpaired) electrons. The average molecular weight is 392 g/mol. The van der Waals surface area contributed by atoms with Gasteiger partial charge in [-0.05, 0) is 19.4 Å². The van der Waals surface area contributed by atoms with E-state index in [1.165, 1.54) is 0 Å². The summed E-state index contributed by atoms with van der Waals surface area (Å²) in [4.78, 5) is 35.8. The molecule has 2 rings (SSSR count). The van der Waals surface area contributed by atoms with Gasteiger partial charge in [-0.15, -0.1) is 11.3 Å². The first-order chi connectivity index (χ1) is 12.1. The standard InChI is InChI=1S/C14H15F3N4O4S/c1-3-20-10(22)9-7(2)8(6-18-19-12(23)24)26-11(9)21(13(20)25)5-4-14(15,16)17/h6,19H,3-5H2,1-2H3,(H,23,24). The van der Waals surface area contributed by atoms with E-state index in [0.29, 0.717) is 10.4 Å². The van der Waals surface area contributed by atoms with Crippen LogP contribution in [-0.4, -0.2) is 32.7 Å². The quantitative estimate of drug-likeness (QED) is 0.600. The van der Waals surface area contributed by atoms with Gasteiger partial charge in [0.1, 0.15) is 4.83 Å². The molecule has 0 spiro atoms. The van der Waals surface area contributed by atoms with Crippen molar-refractivity contribution in [2.24, 2.45) is 5.10 Å². The predicted octanol–water partition coefficient (Wildman–Crippen LogP) is 2.11. The van der Waals surface area contributed by atoms with Crippen molar-refractivity contribution in [2.75, 3.05) is 0 Å². The zero-order valence-electron chi connectivity index (χ0n) is 13.8. The Morgan fingerprint density at radius 3 is 2.54 bits per heavy atom. The van der Waals surface area contributed by atoms with Gasteiger partial charge in [-0.1, -0.05) is 0 Å². The zero-order chi connectivity index (χ0) is 19.6. The minimum Gasteiger partial charge on any atom is -0.464 e. The molecule has 0 aliphatic heterocycles. The number of aryl methyl sites for hydroxylation is 2. The van der Waals surface area contributed by atoms with Gasteiger partial charge in [-0.3, -0.25) is 13.9 Å². The molecule has 2 heterocycles. The third kappa shape index (κ3) is 3.95. The molecule has 1 amide bonds. The maximum Gasteiger partial charge on any atom is 0.425 e. The SMILES string of the molecule is CCn1c(=O)c2c(C)c(C=NNC(=O)O)sc2n(CCC(F)(F)F)c1=O. The molecule has 2 aromatic rings. The summed E-state index contributed by atoms with van der Waals surface area (Å²) < 4.78 is 39.6. The molecule has 0 aromatic carbocycles. The lowest BCUT2D eigenvalue weighted by Crippen LogP contribution is -2.39. The van der Waals surface area contributed by atoms with Gasteiger partial charge < -0.3 is 5.11 Å². The molecule has 0 fully saturated rings. The summed E-state index contributed by atoms with van der Waals surface area (Å²) in [6.45, 7) is 2.49. The maximum atomic E-state index is 12.6. The van der Waals surface area contributed by atoms with Crippen molar-refractivity contribution < 1.29 is 23.1 Å². The van der Waals surface area contributed by atoms with Gasteiger partial charge in [-0.25, -0.2) is 15.0 Å². The van der Waals surface area contributed by atoms with Crippen molar-refractivity contribution >= 4 is 33.9 Å². The molecule has 0 unspecified atom stereocenters. The van der Waals surface area contributed by atoms with Crippen LogP contribution < -0.4 is 16.7 Å². The number of hydrazone groups is 1. The molecule has 142 valence electrons. The van der Waals surface area contributed by atoms with E-state index in [-0.39, 0.29) is 16.8 Å². The number of thiophene rings is 1. The smallest absolute Gasteiger partial charge is 0.425 e. The first kappa shape index (κ1) is 19.7. The fourth-order valence-corrected chi connectivity index (χ4v) is 3.59. The van der Waals surface area contributed by atoms with Crippen LogP contribution in [-0.2, 0) is 13.1 Å². The number of halogens is 3. The minimum absolute atomic E-state index is 0.0128. The number of hydrogen-bond acceptors (Lipinski definition) is 5. The molecule has 0 aliphatic rings. The molecular weight excluding hydrogens is 377 g/mol. The van der Waals surface area contributed by atoms with Gasteiger partial charge in [0.15, 0.2) is 0 Å². The lowest BCUT2D eigenvalue weighted by Gasteiger charge is -2.12. The van der Waals surface area contributed by atoms with Gasteiger partial charge in [-0.2, -0.15) is 18.3 Å². The highest BCUT2D eigenvalue weighted by Crippen LogP contribution is 2.28. The molecule has 8 nitrogen and oxygen atoms in total. The lowest BCUT2D eigenvalue weighted by molar-refractivity contribution is -0.136. The van der Waals surface area contributed by atoms with Crippen LogP contribution in [0.15, 0.2) is 14.7 Å². The monoisotopic (exact) mass is 392 g/mol. The lowest BCUT2D eigenvalue weighted by atomic mass is 10.2. The second-order valence-corrected chi connectivity index (χ2v) is 6.33. The highest BCUT2D eigenvalue weighted by Gasteiger charge is 2.28. The van der Waals surface area contributed by atoms with Crippen LogP contribution in [0.25, 0.3) is 10.2 Å². The molecule has 0 saturated heterocycles. The number of carbonyl (C=O) groups is 1. The molecule has 2 aromatic heterocycles. The Morgan fingerprint density at radius 1 is 1.35 bits per heavy atom. The number of fused-ring (bicyclic) bond motifs is 1. The summed E-state index contributed by atoms with van der Waals surface area (Å²) in [6.07, 6.45) is -5.93. The topological polar surface area (TPSA) is 106 Å². The van der Waals surface area contributed by atoms with Crippen molar-refractivity contribution in [1.82, 2.24) is 14.6 Å². The second-order valence-electron chi connectivity index (χ2n) is 5.30. The minimum atomic E-state index is -4.46. The predicted molar refractivity (Wildman–Crippen MR) is 90.2 cm³/mol. The number of amides is 1. The van der Waals surface area contributed by atoms with Crippen molar-refractivity contribution in [3.8, 4) is 0 Å². The van der Waals surface area contributed by atoms with Crippen LogP contribution in [0.3, 0.4) is 0 Å².